The van der Waals surface area contributed by atoms with Crippen LogP contribution < -0.4 is 0 Å². The molecule has 1 amide bonds. The molecule has 0 unspecified atom stereocenters. The summed E-state index contributed by atoms with van der Waals surface area (Å²) in [5.41, 5.74) is 1.31. The number of amides is 1. The van der Waals surface area contributed by atoms with Gasteiger partial charge >= 0.3 is 0 Å². The minimum Gasteiger partial charge on any atom is -0.336 e. The van der Waals surface area contributed by atoms with Crippen molar-refractivity contribution in [3.05, 3.63) is 29.8 Å². The van der Waals surface area contributed by atoms with Crippen LogP contribution in [0.4, 0.5) is 0 Å². The van der Waals surface area contributed by atoms with Crippen LogP contribution in [-0.4, -0.2) is 23.6 Å². The highest BCUT2D eigenvalue weighted by Gasteiger charge is 2.28. The van der Waals surface area contributed by atoms with Gasteiger partial charge in [-0.1, -0.05) is 18.2 Å². The molecule has 0 aromatic heterocycles. The maximum absolute atomic E-state index is 11.5. The van der Waals surface area contributed by atoms with Crippen molar-refractivity contribution in [2.24, 2.45) is 0 Å². The van der Waals surface area contributed by atoms with Gasteiger partial charge in [-0.05, 0) is 30.7 Å². The summed E-state index contributed by atoms with van der Waals surface area (Å²) in [7, 11) is 0. The lowest BCUT2D eigenvalue weighted by Crippen LogP contribution is -2.28. The number of hydrogen-bond acceptors (Lipinski definition) is 2. The highest BCUT2D eigenvalue weighted by Crippen LogP contribution is 2.36. The lowest BCUT2D eigenvalue weighted by atomic mass is 10.0. The van der Waals surface area contributed by atoms with Crippen molar-refractivity contribution in [1.82, 2.24) is 4.90 Å². The Kier molecular flexibility index (Phi) is 3.54. The normalized spacial score (nSPS) is 20.1. The number of hydrogen-bond donors (Lipinski definition) is 0. The molecule has 16 heavy (non-hydrogen) atoms. The van der Waals surface area contributed by atoms with E-state index in [2.05, 4.69) is 30.5 Å². The second-order valence-corrected chi connectivity index (χ2v) is 4.96. The van der Waals surface area contributed by atoms with Gasteiger partial charge in [-0.15, -0.1) is 11.8 Å². The topological polar surface area (TPSA) is 20.3 Å². The monoisotopic (exact) mass is 235 g/mol. The van der Waals surface area contributed by atoms with Gasteiger partial charge in [-0.25, -0.2) is 0 Å². The SMILES string of the molecule is CSc1ccccc1[C@H]1CCCN1C(C)=O. The van der Waals surface area contributed by atoms with Crippen LogP contribution in [-0.2, 0) is 4.79 Å². The standard InChI is InChI=1S/C13H17NOS/c1-10(15)14-9-5-7-12(14)11-6-3-4-8-13(11)16-2/h3-4,6,8,12H,5,7,9H2,1-2H3/t12-/m1/s1. The third kappa shape index (κ3) is 2.09. The molecule has 1 aromatic carbocycles. The maximum Gasteiger partial charge on any atom is 0.219 e. The first-order chi connectivity index (χ1) is 7.74. The van der Waals surface area contributed by atoms with Gasteiger partial charge in [0.05, 0.1) is 6.04 Å². The predicted octanol–water partition coefficient (Wildman–Crippen LogP) is 3.09. The number of thioether (sulfide) groups is 1. The molecule has 3 heteroatoms. The number of nitrogens with zero attached hydrogens (tertiary/aromatic N) is 1. The number of carbonyl (C=O) groups is 1. The van der Waals surface area contributed by atoms with E-state index in [-0.39, 0.29) is 5.91 Å². The van der Waals surface area contributed by atoms with Crippen molar-refractivity contribution in [3.63, 3.8) is 0 Å². The summed E-state index contributed by atoms with van der Waals surface area (Å²) in [4.78, 5) is 14.8. The Balaban J connectivity index is 2.32. The van der Waals surface area contributed by atoms with E-state index in [0.29, 0.717) is 6.04 Å². The second-order valence-electron chi connectivity index (χ2n) is 4.11. The van der Waals surface area contributed by atoms with Gasteiger partial charge in [-0.2, -0.15) is 0 Å². The van der Waals surface area contributed by atoms with E-state index >= 15 is 0 Å². The molecule has 86 valence electrons. The Bertz CT molecular complexity index is 391. The zero-order valence-electron chi connectivity index (χ0n) is 9.77. The Morgan fingerprint density at radius 1 is 1.44 bits per heavy atom. The van der Waals surface area contributed by atoms with Gasteiger partial charge in [0, 0.05) is 18.4 Å². The molecule has 1 heterocycles. The smallest absolute Gasteiger partial charge is 0.219 e. The van der Waals surface area contributed by atoms with Crippen molar-refractivity contribution in [2.75, 3.05) is 12.8 Å². The Morgan fingerprint density at radius 3 is 2.88 bits per heavy atom. The molecular formula is C13H17NOS. The molecule has 0 radical (unpaired) electrons. The summed E-state index contributed by atoms with van der Waals surface area (Å²) in [6, 6.07) is 8.70. The first-order valence-electron chi connectivity index (χ1n) is 5.64. The van der Waals surface area contributed by atoms with Crippen LogP contribution in [0.25, 0.3) is 0 Å². The number of benzene rings is 1. The van der Waals surface area contributed by atoms with Crippen molar-refractivity contribution in [1.29, 1.82) is 0 Å². The summed E-state index contributed by atoms with van der Waals surface area (Å²) in [6.45, 7) is 2.57. The average Bonchev–Trinajstić information content (AvgIpc) is 2.77. The van der Waals surface area contributed by atoms with Crippen LogP contribution in [0, 0.1) is 0 Å². The molecule has 0 aliphatic carbocycles. The second kappa shape index (κ2) is 4.91. The summed E-state index contributed by atoms with van der Waals surface area (Å²) >= 11 is 1.76. The molecule has 1 aliphatic rings. The van der Waals surface area contributed by atoms with E-state index in [0.717, 1.165) is 19.4 Å². The van der Waals surface area contributed by atoms with Crippen molar-refractivity contribution in [3.8, 4) is 0 Å². The highest BCUT2D eigenvalue weighted by molar-refractivity contribution is 7.98. The fraction of sp³-hybridized carbons (Fsp3) is 0.462. The van der Waals surface area contributed by atoms with E-state index < -0.39 is 0 Å². The van der Waals surface area contributed by atoms with Crippen LogP contribution in [0.2, 0.25) is 0 Å². The molecule has 0 bridgehead atoms. The van der Waals surface area contributed by atoms with Crippen LogP contribution in [0.3, 0.4) is 0 Å². The van der Waals surface area contributed by atoms with Gasteiger partial charge in [0.25, 0.3) is 0 Å². The van der Waals surface area contributed by atoms with Crippen LogP contribution in [0.15, 0.2) is 29.2 Å². The molecule has 2 rings (SSSR count). The fourth-order valence-electron chi connectivity index (χ4n) is 2.41. The van der Waals surface area contributed by atoms with Gasteiger partial charge in [0.1, 0.15) is 0 Å². The highest BCUT2D eigenvalue weighted by atomic mass is 32.2. The minimum absolute atomic E-state index is 0.193. The lowest BCUT2D eigenvalue weighted by molar-refractivity contribution is -0.129. The number of rotatable bonds is 2. The van der Waals surface area contributed by atoms with Crippen LogP contribution >= 0.6 is 11.8 Å². The summed E-state index contributed by atoms with van der Waals surface area (Å²) in [6.07, 6.45) is 4.30. The maximum atomic E-state index is 11.5. The fourth-order valence-corrected chi connectivity index (χ4v) is 3.06. The van der Waals surface area contributed by atoms with Crippen molar-refractivity contribution < 1.29 is 4.79 Å². The van der Waals surface area contributed by atoms with Gasteiger partial charge in [0.2, 0.25) is 5.91 Å². The average molecular weight is 235 g/mol. The van der Waals surface area contributed by atoms with Crippen molar-refractivity contribution in [2.45, 2.75) is 30.7 Å². The molecule has 1 saturated heterocycles. The zero-order chi connectivity index (χ0) is 11.5. The molecular weight excluding hydrogens is 218 g/mol. The molecule has 2 nitrogen and oxygen atoms in total. The minimum atomic E-state index is 0.193. The quantitative estimate of drug-likeness (QED) is 0.734. The van der Waals surface area contributed by atoms with Gasteiger partial charge in [-0.3, -0.25) is 4.79 Å². The molecule has 1 atom stereocenters. The Morgan fingerprint density at radius 2 is 2.19 bits per heavy atom. The number of likely N-dealkylation sites (tertiary alicyclic amines) is 1. The summed E-state index contributed by atoms with van der Waals surface area (Å²) < 4.78 is 0. The van der Waals surface area contributed by atoms with E-state index in [4.69, 9.17) is 0 Å². The first kappa shape index (κ1) is 11.5. The van der Waals surface area contributed by atoms with Crippen molar-refractivity contribution >= 4 is 17.7 Å². The molecule has 0 spiro atoms. The molecule has 1 aromatic rings. The molecule has 1 fully saturated rings. The van der Waals surface area contributed by atoms with Gasteiger partial charge in [0.15, 0.2) is 0 Å². The molecule has 0 saturated carbocycles. The third-order valence-electron chi connectivity index (χ3n) is 3.16. The van der Waals surface area contributed by atoms with Gasteiger partial charge < -0.3 is 4.90 Å². The molecule has 0 N–H and O–H groups in total. The first-order valence-corrected chi connectivity index (χ1v) is 6.86. The predicted molar refractivity (Wildman–Crippen MR) is 67.6 cm³/mol. The van der Waals surface area contributed by atoms with E-state index in [1.165, 1.54) is 10.5 Å². The van der Waals surface area contributed by atoms with Crippen LogP contribution in [0.5, 0.6) is 0 Å². The summed E-state index contributed by atoms with van der Waals surface area (Å²) in [5, 5.41) is 0. The Hall–Kier alpha value is -0.960. The Labute approximate surface area is 101 Å². The van der Waals surface area contributed by atoms with Crippen LogP contribution in [0.1, 0.15) is 31.4 Å². The summed E-state index contributed by atoms with van der Waals surface area (Å²) in [5.74, 6) is 0.193. The number of carbonyl (C=O) groups excluding carboxylic acids is 1. The largest absolute Gasteiger partial charge is 0.336 e. The zero-order valence-corrected chi connectivity index (χ0v) is 10.6. The van der Waals surface area contributed by atoms with E-state index in [9.17, 15) is 4.79 Å². The van der Waals surface area contributed by atoms with E-state index in [1.807, 2.05) is 4.90 Å². The lowest BCUT2D eigenvalue weighted by Gasteiger charge is -2.25. The third-order valence-corrected chi connectivity index (χ3v) is 3.97. The van der Waals surface area contributed by atoms with E-state index in [1.54, 1.807) is 18.7 Å². The molecule has 1 aliphatic heterocycles.